The Bertz CT molecular complexity index is 557. The summed E-state index contributed by atoms with van der Waals surface area (Å²) >= 11 is 0. The summed E-state index contributed by atoms with van der Waals surface area (Å²) in [4.78, 5) is 24.2. The number of nitrogens with one attached hydrogen (secondary N) is 1. The quantitative estimate of drug-likeness (QED) is 0.880. The third-order valence-electron chi connectivity index (χ3n) is 3.57. The fraction of sp³-hybridized carbons (Fsp3) is 0.429. The molecule has 1 aromatic carbocycles. The lowest BCUT2D eigenvalue weighted by Crippen LogP contribution is -2.44. The van der Waals surface area contributed by atoms with E-state index in [2.05, 4.69) is 5.32 Å². The van der Waals surface area contributed by atoms with E-state index >= 15 is 0 Å². The Morgan fingerprint density at radius 2 is 1.86 bits per heavy atom. The van der Waals surface area contributed by atoms with Crippen molar-refractivity contribution in [3.63, 3.8) is 0 Å². The van der Waals surface area contributed by atoms with Gasteiger partial charge in [-0.3, -0.25) is 4.79 Å². The third-order valence-corrected chi connectivity index (χ3v) is 3.57. The van der Waals surface area contributed by atoms with Gasteiger partial charge in [0.05, 0.1) is 5.92 Å². The topological polar surface area (TPSA) is 75.4 Å². The zero-order valence-corrected chi connectivity index (χ0v) is 11.7. The van der Waals surface area contributed by atoms with Crippen LogP contribution >= 0.6 is 0 Å². The molecule has 1 saturated heterocycles. The molecule has 1 atom stereocenters. The van der Waals surface area contributed by atoms with Crippen molar-refractivity contribution in [2.24, 2.45) is 11.7 Å². The van der Waals surface area contributed by atoms with Gasteiger partial charge in [0.2, 0.25) is 0 Å². The van der Waals surface area contributed by atoms with Gasteiger partial charge < -0.3 is 16.0 Å². The van der Waals surface area contributed by atoms with E-state index in [4.69, 9.17) is 5.73 Å². The summed E-state index contributed by atoms with van der Waals surface area (Å²) in [6.07, 6.45) is -3.90. The van der Waals surface area contributed by atoms with Crippen LogP contribution < -0.4 is 11.1 Å². The van der Waals surface area contributed by atoms with Crippen LogP contribution in [0.1, 0.15) is 23.2 Å². The zero-order valence-electron chi connectivity index (χ0n) is 11.7. The SMILES string of the molecule is NC(=O)Nc1ccc(C(=O)N2CCC[C@H](C(F)(F)F)C2)cc1. The monoisotopic (exact) mass is 315 g/mol. The predicted molar refractivity (Wildman–Crippen MR) is 74.3 cm³/mol. The lowest BCUT2D eigenvalue weighted by Gasteiger charge is -2.33. The van der Waals surface area contributed by atoms with Gasteiger partial charge in [0, 0.05) is 24.3 Å². The summed E-state index contributed by atoms with van der Waals surface area (Å²) in [6.45, 7) is -0.00365. The fourth-order valence-electron chi connectivity index (χ4n) is 2.45. The number of amides is 3. The maximum Gasteiger partial charge on any atom is 0.393 e. The number of hydrogen-bond donors (Lipinski definition) is 2. The highest BCUT2D eigenvalue weighted by atomic mass is 19.4. The van der Waals surface area contributed by atoms with Gasteiger partial charge in [-0.15, -0.1) is 0 Å². The maximum absolute atomic E-state index is 12.8. The molecule has 1 aromatic rings. The minimum absolute atomic E-state index is 0.0503. The lowest BCUT2D eigenvalue weighted by molar-refractivity contribution is -0.184. The normalized spacial score (nSPS) is 18.9. The molecular formula is C14H16F3N3O2. The Labute approximate surface area is 125 Å². The number of alkyl halides is 3. The van der Waals surface area contributed by atoms with E-state index in [0.717, 1.165) is 0 Å². The first kappa shape index (κ1) is 16.1. The molecule has 5 nitrogen and oxygen atoms in total. The smallest absolute Gasteiger partial charge is 0.351 e. The zero-order chi connectivity index (χ0) is 16.3. The lowest BCUT2D eigenvalue weighted by atomic mass is 9.97. The second kappa shape index (κ2) is 6.25. The predicted octanol–water partition coefficient (Wildman–Crippen LogP) is 2.59. The number of benzene rings is 1. The number of halogens is 3. The highest BCUT2D eigenvalue weighted by Gasteiger charge is 2.42. The van der Waals surface area contributed by atoms with E-state index in [9.17, 15) is 22.8 Å². The molecule has 0 unspecified atom stereocenters. The summed E-state index contributed by atoms with van der Waals surface area (Å²) in [5, 5.41) is 2.34. The Morgan fingerprint density at radius 1 is 1.23 bits per heavy atom. The van der Waals surface area contributed by atoms with Crippen molar-refractivity contribution in [3.05, 3.63) is 29.8 Å². The number of primary amides is 1. The van der Waals surface area contributed by atoms with Crippen molar-refractivity contribution in [2.45, 2.75) is 19.0 Å². The first-order valence-corrected chi connectivity index (χ1v) is 6.80. The van der Waals surface area contributed by atoms with Crippen LogP contribution in [0.3, 0.4) is 0 Å². The third kappa shape index (κ3) is 3.90. The number of nitrogens with two attached hydrogens (primary N) is 1. The molecule has 120 valence electrons. The Balaban J connectivity index is 2.06. The van der Waals surface area contributed by atoms with Crippen molar-refractivity contribution >= 4 is 17.6 Å². The van der Waals surface area contributed by atoms with Gasteiger partial charge in [-0.05, 0) is 37.1 Å². The molecule has 1 aliphatic rings. The molecule has 0 saturated carbocycles. The van der Waals surface area contributed by atoms with E-state index in [0.29, 0.717) is 18.7 Å². The number of nitrogens with zero attached hydrogens (tertiary/aromatic N) is 1. The van der Waals surface area contributed by atoms with Crippen LogP contribution in [0.25, 0.3) is 0 Å². The number of carbonyl (C=O) groups excluding carboxylic acids is 2. The molecule has 8 heteroatoms. The van der Waals surface area contributed by atoms with Crippen molar-refractivity contribution in [1.82, 2.24) is 4.90 Å². The molecule has 1 aliphatic heterocycles. The number of urea groups is 1. The van der Waals surface area contributed by atoms with E-state index in [-0.39, 0.29) is 18.5 Å². The molecule has 3 N–H and O–H groups in total. The van der Waals surface area contributed by atoms with Crippen molar-refractivity contribution < 1.29 is 22.8 Å². The summed E-state index contributed by atoms with van der Waals surface area (Å²) in [6, 6.07) is 5.12. The molecule has 1 heterocycles. The maximum atomic E-state index is 12.8. The van der Waals surface area contributed by atoms with E-state index in [1.807, 2.05) is 0 Å². The average molecular weight is 315 g/mol. The van der Waals surface area contributed by atoms with Crippen LogP contribution in [0.5, 0.6) is 0 Å². The highest BCUT2D eigenvalue weighted by Crippen LogP contribution is 2.33. The van der Waals surface area contributed by atoms with Crippen molar-refractivity contribution in [3.8, 4) is 0 Å². The summed E-state index contributed by atoms with van der Waals surface area (Å²) in [7, 11) is 0. The first-order chi connectivity index (χ1) is 10.3. The molecular weight excluding hydrogens is 299 g/mol. The molecule has 1 fully saturated rings. The molecule has 3 amide bonds. The Morgan fingerprint density at radius 3 is 2.41 bits per heavy atom. The van der Waals surface area contributed by atoms with Crippen LogP contribution in [0, 0.1) is 5.92 Å². The van der Waals surface area contributed by atoms with E-state index < -0.39 is 24.0 Å². The summed E-state index contributed by atoms with van der Waals surface area (Å²) in [5.74, 6) is -1.92. The van der Waals surface area contributed by atoms with Gasteiger partial charge in [0.1, 0.15) is 0 Å². The van der Waals surface area contributed by atoms with Crippen LogP contribution in [0.4, 0.5) is 23.7 Å². The minimum atomic E-state index is -4.28. The summed E-state index contributed by atoms with van der Waals surface area (Å²) < 4.78 is 38.3. The standard InChI is InChI=1S/C14H16F3N3O2/c15-14(16,17)10-2-1-7-20(8-10)12(21)9-3-5-11(6-4-9)19-13(18)22/h3-6,10H,1-2,7-8H2,(H3,18,19,22)/t10-/m0/s1. The first-order valence-electron chi connectivity index (χ1n) is 6.80. The molecule has 0 radical (unpaired) electrons. The number of hydrogen-bond acceptors (Lipinski definition) is 2. The van der Waals surface area contributed by atoms with Crippen molar-refractivity contribution in [1.29, 1.82) is 0 Å². The van der Waals surface area contributed by atoms with E-state index in [1.54, 1.807) is 0 Å². The average Bonchev–Trinajstić information content (AvgIpc) is 2.46. The van der Waals surface area contributed by atoms with Gasteiger partial charge in [-0.1, -0.05) is 0 Å². The second-order valence-corrected chi connectivity index (χ2v) is 5.20. The van der Waals surface area contributed by atoms with Gasteiger partial charge in [0.25, 0.3) is 5.91 Å². The van der Waals surface area contributed by atoms with Crippen LogP contribution in [0.15, 0.2) is 24.3 Å². The molecule has 22 heavy (non-hydrogen) atoms. The molecule has 0 bridgehead atoms. The number of anilines is 1. The Hall–Kier alpha value is -2.25. The second-order valence-electron chi connectivity index (χ2n) is 5.20. The van der Waals surface area contributed by atoms with Gasteiger partial charge in [0.15, 0.2) is 0 Å². The summed E-state index contributed by atoms with van der Waals surface area (Å²) in [5.41, 5.74) is 5.65. The molecule has 2 rings (SSSR count). The molecule has 0 aliphatic carbocycles. The van der Waals surface area contributed by atoms with Gasteiger partial charge in [-0.25, -0.2) is 4.79 Å². The number of piperidine rings is 1. The van der Waals surface area contributed by atoms with Gasteiger partial charge >= 0.3 is 12.2 Å². The highest BCUT2D eigenvalue weighted by molar-refractivity contribution is 5.95. The van der Waals surface area contributed by atoms with Gasteiger partial charge in [-0.2, -0.15) is 13.2 Å². The van der Waals surface area contributed by atoms with E-state index in [1.165, 1.54) is 29.2 Å². The van der Waals surface area contributed by atoms with Crippen LogP contribution in [0.2, 0.25) is 0 Å². The molecule has 0 spiro atoms. The Kier molecular flexibility index (Phi) is 4.58. The minimum Gasteiger partial charge on any atom is -0.351 e. The number of rotatable bonds is 2. The van der Waals surface area contributed by atoms with Crippen molar-refractivity contribution in [2.75, 3.05) is 18.4 Å². The molecule has 0 aromatic heterocycles. The number of carbonyl (C=O) groups is 2. The van der Waals surface area contributed by atoms with Crippen LogP contribution in [-0.2, 0) is 0 Å². The fourth-order valence-corrected chi connectivity index (χ4v) is 2.45. The van der Waals surface area contributed by atoms with Crippen LogP contribution in [-0.4, -0.2) is 36.1 Å². The number of likely N-dealkylation sites (tertiary alicyclic amines) is 1. The largest absolute Gasteiger partial charge is 0.393 e.